The lowest BCUT2D eigenvalue weighted by atomic mass is 9.54. The van der Waals surface area contributed by atoms with E-state index in [9.17, 15) is 4.79 Å². The Morgan fingerprint density at radius 3 is 2.15 bits per heavy atom. The molecule has 0 aromatic heterocycles. The van der Waals surface area contributed by atoms with Crippen LogP contribution in [0.5, 0.6) is 0 Å². The lowest BCUT2D eigenvalue weighted by Gasteiger charge is -2.54. The van der Waals surface area contributed by atoms with Crippen LogP contribution in [0.4, 0.5) is 0 Å². The van der Waals surface area contributed by atoms with Gasteiger partial charge in [-0.2, -0.15) is 0 Å². The summed E-state index contributed by atoms with van der Waals surface area (Å²) < 4.78 is 16.6. The molecule has 2 rings (SSSR count). The number of rotatable bonds is 7. The van der Waals surface area contributed by atoms with E-state index in [0.29, 0.717) is 19.0 Å². The van der Waals surface area contributed by atoms with Gasteiger partial charge in [0.1, 0.15) is 12.6 Å². The highest BCUT2D eigenvalue weighted by molar-refractivity contribution is 5.84. The fourth-order valence-corrected chi connectivity index (χ4v) is 4.17. The minimum Gasteiger partial charge on any atom is -0.382 e. The van der Waals surface area contributed by atoms with Crippen molar-refractivity contribution in [3.63, 3.8) is 0 Å². The van der Waals surface area contributed by atoms with Crippen molar-refractivity contribution in [2.45, 2.75) is 63.9 Å². The Morgan fingerprint density at radius 2 is 1.60 bits per heavy atom. The highest BCUT2D eigenvalue weighted by Gasteiger charge is 2.57. The number of carbonyl (C=O) groups is 1. The van der Waals surface area contributed by atoms with Crippen molar-refractivity contribution in [2.75, 3.05) is 27.1 Å². The van der Waals surface area contributed by atoms with Gasteiger partial charge in [-0.15, -0.1) is 0 Å². The van der Waals surface area contributed by atoms with Crippen molar-refractivity contribution in [1.82, 2.24) is 0 Å². The van der Waals surface area contributed by atoms with Gasteiger partial charge in [0, 0.05) is 7.11 Å². The Kier molecular flexibility index (Phi) is 5.58. The van der Waals surface area contributed by atoms with Crippen molar-refractivity contribution >= 4 is 5.78 Å². The van der Waals surface area contributed by atoms with Crippen LogP contribution in [-0.2, 0) is 19.0 Å². The van der Waals surface area contributed by atoms with Crippen LogP contribution in [0.3, 0.4) is 0 Å². The lowest BCUT2D eigenvalue weighted by Crippen LogP contribution is -2.58. The molecule has 0 aromatic carbocycles. The van der Waals surface area contributed by atoms with Gasteiger partial charge in [-0.25, -0.2) is 0 Å². The first-order valence-corrected chi connectivity index (χ1v) is 7.89. The van der Waals surface area contributed by atoms with Crippen molar-refractivity contribution < 1.29 is 19.0 Å². The minimum absolute atomic E-state index is 0.256. The molecule has 0 amide bonds. The highest BCUT2D eigenvalue weighted by Crippen LogP contribution is 2.55. The van der Waals surface area contributed by atoms with Crippen molar-refractivity contribution in [3.8, 4) is 0 Å². The molecular weight excluding hydrogens is 256 g/mol. The molecule has 2 saturated carbocycles. The monoisotopic (exact) mass is 284 g/mol. The Bertz CT molecular complexity index is 314. The third-order valence-corrected chi connectivity index (χ3v) is 5.26. The zero-order valence-electron chi connectivity index (χ0n) is 12.9. The van der Waals surface area contributed by atoms with Gasteiger partial charge in [-0.05, 0) is 32.6 Å². The van der Waals surface area contributed by atoms with E-state index < -0.39 is 0 Å². The van der Waals surface area contributed by atoms with Crippen LogP contribution < -0.4 is 0 Å². The number of ketones is 1. The van der Waals surface area contributed by atoms with E-state index in [2.05, 4.69) is 0 Å². The fraction of sp³-hybridized carbons (Fsp3) is 0.938. The van der Waals surface area contributed by atoms with E-state index in [1.807, 2.05) is 0 Å². The summed E-state index contributed by atoms with van der Waals surface area (Å²) in [6.07, 6.45) is 8.59. The maximum absolute atomic E-state index is 12.4. The second-order valence-electron chi connectivity index (χ2n) is 6.21. The number of fused-ring (bicyclic) bond motifs is 1. The predicted molar refractivity (Wildman–Crippen MR) is 76.6 cm³/mol. The quantitative estimate of drug-likeness (QED) is 0.532. The topological polar surface area (TPSA) is 44.8 Å². The summed E-state index contributed by atoms with van der Waals surface area (Å²) in [6.45, 7) is 3.15. The maximum Gasteiger partial charge on any atom is 0.147 e. The molecule has 0 heterocycles. The number of carbonyl (C=O) groups excluding carboxylic acids is 1. The SMILES string of the molecule is COCCOCO[C@]12CCCC[C@@]1(C(C)=O)CCCC2. The van der Waals surface area contributed by atoms with Gasteiger partial charge in [0.2, 0.25) is 0 Å². The predicted octanol–water partition coefficient (Wildman–Crippen LogP) is 3.09. The number of hydrogen-bond donors (Lipinski definition) is 0. The second-order valence-corrected chi connectivity index (χ2v) is 6.21. The zero-order chi connectivity index (χ0) is 14.5. The highest BCUT2D eigenvalue weighted by atomic mass is 16.7. The molecule has 4 heteroatoms. The number of Topliss-reactive ketones (excluding diaryl/α,β-unsaturated/α-hetero) is 1. The largest absolute Gasteiger partial charge is 0.382 e. The van der Waals surface area contributed by atoms with Crippen LogP contribution in [0.25, 0.3) is 0 Å². The van der Waals surface area contributed by atoms with E-state index >= 15 is 0 Å². The molecule has 0 atom stereocenters. The third kappa shape index (κ3) is 2.92. The molecule has 2 aliphatic carbocycles. The molecule has 0 spiro atoms. The van der Waals surface area contributed by atoms with Crippen LogP contribution >= 0.6 is 0 Å². The molecule has 0 radical (unpaired) electrons. The van der Waals surface area contributed by atoms with Gasteiger partial charge in [0.25, 0.3) is 0 Å². The van der Waals surface area contributed by atoms with Crippen LogP contribution in [0.1, 0.15) is 58.3 Å². The molecule has 0 bridgehead atoms. The molecule has 0 saturated heterocycles. The average molecular weight is 284 g/mol. The normalized spacial score (nSPS) is 33.7. The maximum atomic E-state index is 12.4. The van der Waals surface area contributed by atoms with Crippen molar-refractivity contribution in [1.29, 1.82) is 0 Å². The first-order chi connectivity index (χ1) is 9.67. The number of hydrogen-bond acceptors (Lipinski definition) is 4. The first-order valence-electron chi connectivity index (χ1n) is 7.89. The van der Waals surface area contributed by atoms with Crippen LogP contribution in [0.2, 0.25) is 0 Å². The van der Waals surface area contributed by atoms with Gasteiger partial charge in [0.15, 0.2) is 0 Å². The smallest absolute Gasteiger partial charge is 0.147 e. The van der Waals surface area contributed by atoms with E-state index in [1.165, 1.54) is 0 Å². The summed E-state index contributed by atoms with van der Waals surface area (Å²) >= 11 is 0. The van der Waals surface area contributed by atoms with Crippen molar-refractivity contribution in [3.05, 3.63) is 0 Å². The molecule has 20 heavy (non-hydrogen) atoms. The van der Waals surface area contributed by atoms with Gasteiger partial charge < -0.3 is 14.2 Å². The van der Waals surface area contributed by atoms with E-state index in [-0.39, 0.29) is 17.8 Å². The molecular formula is C16H28O4. The summed E-state index contributed by atoms with van der Waals surface area (Å²) in [5.74, 6) is 0.314. The Morgan fingerprint density at radius 1 is 1.00 bits per heavy atom. The van der Waals surface area contributed by atoms with Gasteiger partial charge in [0.05, 0.1) is 24.2 Å². The first kappa shape index (κ1) is 15.9. The number of methoxy groups -OCH3 is 1. The molecule has 2 aliphatic rings. The molecule has 0 N–H and O–H groups in total. The lowest BCUT2D eigenvalue weighted by molar-refractivity contribution is -0.224. The van der Waals surface area contributed by atoms with E-state index in [0.717, 1.165) is 51.4 Å². The second kappa shape index (κ2) is 7.01. The molecule has 0 unspecified atom stereocenters. The molecule has 0 aromatic rings. The summed E-state index contributed by atoms with van der Waals surface area (Å²) in [4.78, 5) is 12.4. The van der Waals surface area contributed by atoms with Crippen LogP contribution in [0, 0.1) is 5.41 Å². The summed E-state index contributed by atoms with van der Waals surface area (Å²) in [7, 11) is 1.66. The molecule has 116 valence electrons. The summed E-state index contributed by atoms with van der Waals surface area (Å²) in [5, 5.41) is 0. The van der Waals surface area contributed by atoms with Gasteiger partial charge in [-0.3, -0.25) is 4.79 Å². The van der Waals surface area contributed by atoms with Crippen LogP contribution in [-0.4, -0.2) is 38.5 Å². The molecule has 0 aliphatic heterocycles. The average Bonchev–Trinajstić information content (AvgIpc) is 2.46. The summed E-state index contributed by atoms with van der Waals surface area (Å²) in [5.41, 5.74) is -0.531. The van der Waals surface area contributed by atoms with E-state index in [1.54, 1.807) is 14.0 Å². The minimum atomic E-state index is -0.275. The van der Waals surface area contributed by atoms with Crippen molar-refractivity contribution in [2.24, 2.45) is 5.41 Å². The third-order valence-electron chi connectivity index (χ3n) is 5.26. The van der Waals surface area contributed by atoms with Gasteiger partial charge in [-0.1, -0.05) is 25.7 Å². The standard InChI is InChI=1S/C16H28O4/c1-14(17)15-7-3-5-9-16(15,10-6-4-8-15)20-13-19-12-11-18-2/h3-13H2,1-2H3/t15-,16-. The Labute approximate surface area is 122 Å². The molecule has 4 nitrogen and oxygen atoms in total. The summed E-state index contributed by atoms with van der Waals surface area (Å²) in [6, 6.07) is 0. The number of ether oxygens (including phenoxy) is 3. The molecule has 2 fully saturated rings. The van der Waals surface area contributed by atoms with E-state index in [4.69, 9.17) is 14.2 Å². The van der Waals surface area contributed by atoms with Gasteiger partial charge >= 0.3 is 0 Å². The Balaban J connectivity index is 2.04. The van der Waals surface area contributed by atoms with Crippen LogP contribution in [0.15, 0.2) is 0 Å². The fourth-order valence-electron chi connectivity index (χ4n) is 4.17. The zero-order valence-corrected chi connectivity index (χ0v) is 12.9. The Hall–Kier alpha value is -0.450.